The number of hydrogen-bond donors (Lipinski definition) is 1. The standard InChI is InChI=1S/C13H14N2O2/c1-2-17-13(16)10-7-9-5-3-4-6-11(9)15-12(14)8-10/h3-7H,2,8H2,1H3,(H2,14,15). The zero-order valence-corrected chi connectivity index (χ0v) is 9.64. The number of rotatable bonds is 2. The molecule has 1 aliphatic rings. The Morgan fingerprint density at radius 2 is 2.24 bits per heavy atom. The molecule has 4 heteroatoms. The molecule has 1 heterocycles. The van der Waals surface area contributed by atoms with Crippen LogP contribution in [0.5, 0.6) is 0 Å². The van der Waals surface area contributed by atoms with Gasteiger partial charge in [-0.25, -0.2) is 9.79 Å². The van der Waals surface area contributed by atoms with Crippen LogP contribution in [0.2, 0.25) is 0 Å². The van der Waals surface area contributed by atoms with E-state index in [1.54, 1.807) is 13.0 Å². The van der Waals surface area contributed by atoms with Crippen molar-refractivity contribution in [3.8, 4) is 0 Å². The third-order valence-corrected chi connectivity index (χ3v) is 2.44. The van der Waals surface area contributed by atoms with Crippen molar-refractivity contribution in [2.45, 2.75) is 13.3 Å². The quantitative estimate of drug-likeness (QED) is 0.790. The average molecular weight is 230 g/mol. The number of nitrogens with zero attached hydrogens (tertiary/aromatic N) is 1. The van der Waals surface area contributed by atoms with Crippen LogP contribution in [0.25, 0.3) is 6.08 Å². The molecule has 0 bridgehead atoms. The van der Waals surface area contributed by atoms with E-state index in [2.05, 4.69) is 4.99 Å². The molecule has 0 spiro atoms. The molecule has 17 heavy (non-hydrogen) atoms. The fourth-order valence-electron chi connectivity index (χ4n) is 1.69. The number of hydrogen-bond acceptors (Lipinski definition) is 4. The lowest BCUT2D eigenvalue weighted by Crippen LogP contribution is -2.16. The van der Waals surface area contributed by atoms with E-state index >= 15 is 0 Å². The topological polar surface area (TPSA) is 64.7 Å². The van der Waals surface area contributed by atoms with Crippen molar-refractivity contribution in [3.63, 3.8) is 0 Å². The van der Waals surface area contributed by atoms with E-state index in [1.807, 2.05) is 24.3 Å². The monoisotopic (exact) mass is 230 g/mol. The largest absolute Gasteiger partial charge is 0.463 e. The molecule has 1 aromatic rings. The number of esters is 1. The van der Waals surface area contributed by atoms with Gasteiger partial charge in [0, 0.05) is 17.6 Å². The Hall–Kier alpha value is -2.10. The fourth-order valence-corrected chi connectivity index (χ4v) is 1.69. The predicted octanol–water partition coefficient (Wildman–Crippen LogP) is 2.03. The molecule has 0 fully saturated rings. The molecule has 1 aromatic carbocycles. The van der Waals surface area contributed by atoms with E-state index in [9.17, 15) is 4.79 Å². The summed E-state index contributed by atoms with van der Waals surface area (Å²) in [6.45, 7) is 2.13. The maximum absolute atomic E-state index is 11.7. The van der Waals surface area contributed by atoms with Gasteiger partial charge in [0.05, 0.1) is 12.3 Å². The fraction of sp³-hybridized carbons (Fsp3) is 0.231. The van der Waals surface area contributed by atoms with Crippen molar-refractivity contribution in [2.24, 2.45) is 10.7 Å². The van der Waals surface area contributed by atoms with Crippen molar-refractivity contribution < 1.29 is 9.53 Å². The summed E-state index contributed by atoms with van der Waals surface area (Å²) in [5.41, 5.74) is 7.98. The molecule has 4 nitrogen and oxygen atoms in total. The zero-order valence-electron chi connectivity index (χ0n) is 9.64. The Morgan fingerprint density at radius 1 is 1.47 bits per heavy atom. The maximum Gasteiger partial charge on any atom is 0.334 e. The van der Waals surface area contributed by atoms with E-state index in [1.165, 1.54) is 0 Å². The van der Waals surface area contributed by atoms with Gasteiger partial charge in [-0.05, 0) is 19.1 Å². The van der Waals surface area contributed by atoms with Crippen LogP contribution in [0, 0.1) is 0 Å². The Labute approximate surface area is 99.8 Å². The number of carbonyl (C=O) groups is 1. The van der Waals surface area contributed by atoms with Gasteiger partial charge in [0.25, 0.3) is 0 Å². The lowest BCUT2D eigenvalue weighted by atomic mass is 10.1. The van der Waals surface area contributed by atoms with Crippen LogP contribution in [0.1, 0.15) is 18.9 Å². The van der Waals surface area contributed by atoms with E-state index in [-0.39, 0.29) is 5.97 Å². The second kappa shape index (κ2) is 4.82. The third-order valence-electron chi connectivity index (χ3n) is 2.44. The van der Waals surface area contributed by atoms with Crippen LogP contribution in [-0.4, -0.2) is 18.4 Å². The SMILES string of the molecule is CCOC(=O)C1=Cc2ccccc2N=C(N)C1. The zero-order chi connectivity index (χ0) is 12.3. The number of aliphatic imine (C=N–C) groups is 1. The Morgan fingerprint density at radius 3 is 3.00 bits per heavy atom. The van der Waals surface area contributed by atoms with Crippen LogP contribution in [0.3, 0.4) is 0 Å². The van der Waals surface area contributed by atoms with Crippen LogP contribution in [0.4, 0.5) is 5.69 Å². The first kappa shape index (κ1) is 11.4. The van der Waals surface area contributed by atoms with Gasteiger partial charge >= 0.3 is 5.97 Å². The highest BCUT2D eigenvalue weighted by molar-refractivity contribution is 6.03. The third kappa shape index (κ3) is 2.53. The number of para-hydroxylation sites is 1. The first-order chi connectivity index (χ1) is 8.20. The molecule has 0 atom stereocenters. The second-order valence-corrected chi connectivity index (χ2v) is 3.73. The average Bonchev–Trinajstić information content (AvgIpc) is 2.47. The molecule has 0 aromatic heterocycles. The number of amidine groups is 1. The smallest absolute Gasteiger partial charge is 0.334 e. The van der Waals surface area contributed by atoms with Crippen molar-refractivity contribution in [1.29, 1.82) is 0 Å². The molecule has 0 saturated carbocycles. The summed E-state index contributed by atoms with van der Waals surface area (Å²) in [6, 6.07) is 7.55. The molecule has 1 aliphatic heterocycles. The van der Waals surface area contributed by atoms with Crippen molar-refractivity contribution in [1.82, 2.24) is 0 Å². The molecule has 0 radical (unpaired) electrons. The van der Waals surface area contributed by atoms with Crippen molar-refractivity contribution >= 4 is 23.6 Å². The number of carbonyl (C=O) groups excluding carboxylic acids is 1. The minimum Gasteiger partial charge on any atom is -0.463 e. The van der Waals surface area contributed by atoms with Gasteiger partial charge in [-0.15, -0.1) is 0 Å². The van der Waals surface area contributed by atoms with Gasteiger partial charge in [0.2, 0.25) is 0 Å². The van der Waals surface area contributed by atoms with Crippen LogP contribution >= 0.6 is 0 Å². The molecule has 2 rings (SSSR count). The Balaban J connectivity index is 2.41. The Kier molecular flexibility index (Phi) is 3.23. The summed E-state index contributed by atoms with van der Waals surface area (Å²) in [4.78, 5) is 16.0. The number of benzene rings is 1. The van der Waals surface area contributed by atoms with Gasteiger partial charge < -0.3 is 10.5 Å². The van der Waals surface area contributed by atoms with Gasteiger partial charge in [0.15, 0.2) is 0 Å². The molecule has 2 N–H and O–H groups in total. The first-order valence-electron chi connectivity index (χ1n) is 5.50. The van der Waals surface area contributed by atoms with Gasteiger partial charge in [-0.3, -0.25) is 0 Å². The van der Waals surface area contributed by atoms with E-state index < -0.39 is 0 Å². The predicted molar refractivity (Wildman–Crippen MR) is 67.0 cm³/mol. The summed E-state index contributed by atoms with van der Waals surface area (Å²) in [5.74, 6) is 0.0941. The molecular formula is C13H14N2O2. The summed E-state index contributed by atoms with van der Waals surface area (Å²) < 4.78 is 4.98. The highest BCUT2D eigenvalue weighted by Crippen LogP contribution is 2.26. The first-order valence-corrected chi connectivity index (χ1v) is 5.50. The van der Waals surface area contributed by atoms with Gasteiger partial charge in [-0.2, -0.15) is 0 Å². The highest BCUT2D eigenvalue weighted by Gasteiger charge is 2.16. The minimum atomic E-state index is -0.331. The van der Waals surface area contributed by atoms with Crippen molar-refractivity contribution in [3.05, 3.63) is 35.4 Å². The Bertz CT molecular complexity index is 504. The number of nitrogens with two attached hydrogens (primary N) is 1. The van der Waals surface area contributed by atoms with E-state index in [0.29, 0.717) is 24.4 Å². The van der Waals surface area contributed by atoms with Crippen LogP contribution in [-0.2, 0) is 9.53 Å². The summed E-state index contributed by atoms with van der Waals surface area (Å²) in [7, 11) is 0. The van der Waals surface area contributed by atoms with E-state index in [4.69, 9.17) is 10.5 Å². The normalized spacial score (nSPS) is 14.2. The molecule has 0 saturated heterocycles. The second-order valence-electron chi connectivity index (χ2n) is 3.73. The maximum atomic E-state index is 11.7. The molecular weight excluding hydrogens is 216 g/mol. The molecule has 0 unspecified atom stereocenters. The van der Waals surface area contributed by atoms with Crippen LogP contribution in [0.15, 0.2) is 34.8 Å². The lowest BCUT2D eigenvalue weighted by Gasteiger charge is -2.04. The minimum absolute atomic E-state index is 0.327. The molecule has 0 aliphatic carbocycles. The van der Waals surface area contributed by atoms with Crippen LogP contribution < -0.4 is 5.73 Å². The highest BCUT2D eigenvalue weighted by atomic mass is 16.5. The molecule has 0 amide bonds. The number of ether oxygens (including phenoxy) is 1. The summed E-state index contributed by atoms with van der Waals surface area (Å²) >= 11 is 0. The summed E-state index contributed by atoms with van der Waals surface area (Å²) in [5, 5.41) is 0. The summed E-state index contributed by atoms with van der Waals surface area (Å²) in [6.07, 6.45) is 2.12. The van der Waals surface area contributed by atoms with Gasteiger partial charge in [-0.1, -0.05) is 18.2 Å². The van der Waals surface area contributed by atoms with Gasteiger partial charge in [0.1, 0.15) is 5.84 Å². The van der Waals surface area contributed by atoms with E-state index in [0.717, 1.165) is 11.3 Å². The molecule has 88 valence electrons. The number of fused-ring (bicyclic) bond motifs is 1. The lowest BCUT2D eigenvalue weighted by molar-refractivity contribution is -0.138. The van der Waals surface area contributed by atoms with Crippen molar-refractivity contribution in [2.75, 3.05) is 6.61 Å².